The van der Waals surface area contributed by atoms with Crippen molar-refractivity contribution in [1.82, 2.24) is 19.1 Å². The van der Waals surface area contributed by atoms with Gasteiger partial charge in [0.1, 0.15) is 5.82 Å². The standard InChI is InChI=1S/C44H38N4OSi.Pt/c1-44(2,3)31-21-23-45-41(27-31)48-37-17-11-9-15-34(37)35-20-19-33(28-39(35)48)49-40-26-30(25-29-22-24-50(4,5)42(29)40)43-46-36-16-10-12-18-38(36)47(43)32-13-7-6-8-14-32;/h6-21,23,25,27H,22,24H2,1-5H3;/q-2;+2/i4D3,5D3;. The van der Waals surface area contributed by atoms with E-state index >= 15 is 0 Å². The molecule has 9 rings (SSSR count). The summed E-state index contributed by atoms with van der Waals surface area (Å²) in [5.41, 5.74) is 6.42. The van der Waals surface area contributed by atoms with Gasteiger partial charge in [0, 0.05) is 45.2 Å². The van der Waals surface area contributed by atoms with E-state index in [2.05, 4.69) is 49.6 Å². The quantitative estimate of drug-likeness (QED) is 0.128. The fraction of sp³-hybridized carbons (Fsp3) is 0.182. The first-order chi connectivity index (χ1) is 26.7. The molecule has 3 aromatic heterocycles. The Kier molecular flexibility index (Phi) is 6.59. The average Bonchev–Trinajstić information content (AvgIpc) is 3.85. The van der Waals surface area contributed by atoms with Gasteiger partial charge in [-0.15, -0.1) is 34.7 Å². The number of para-hydroxylation sites is 4. The second-order valence-corrected chi connectivity index (χ2v) is 16.9. The maximum atomic E-state index is 8.76. The topological polar surface area (TPSA) is 44.9 Å². The van der Waals surface area contributed by atoms with Gasteiger partial charge in [0.25, 0.3) is 0 Å². The van der Waals surface area contributed by atoms with E-state index < -0.39 is 21.0 Å². The van der Waals surface area contributed by atoms with E-state index in [1.54, 1.807) is 6.07 Å². The Bertz CT molecular complexity index is 2810. The monoisotopic (exact) mass is 867 g/mol. The second-order valence-electron chi connectivity index (χ2n) is 14.1. The van der Waals surface area contributed by atoms with Gasteiger partial charge in [0.05, 0.1) is 16.9 Å². The number of nitrogens with zero attached hydrogens (tertiary/aromatic N) is 4. The van der Waals surface area contributed by atoms with Crippen LogP contribution in [0.15, 0.2) is 115 Å². The number of pyridine rings is 1. The molecule has 5 nitrogen and oxygen atoms in total. The molecule has 5 aromatic carbocycles. The van der Waals surface area contributed by atoms with E-state index in [0.29, 0.717) is 22.7 Å². The molecule has 0 bridgehead atoms. The van der Waals surface area contributed by atoms with Crippen LogP contribution in [0.25, 0.3) is 55.7 Å². The number of benzene rings is 5. The molecule has 0 unspecified atom stereocenters. The largest absolute Gasteiger partial charge is 2.00 e. The number of imidazole rings is 1. The minimum atomic E-state index is -4.27. The van der Waals surface area contributed by atoms with Crippen molar-refractivity contribution in [1.29, 1.82) is 0 Å². The van der Waals surface area contributed by atoms with Gasteiger partial charge in [-0.25, -0.2) is 4.98 Å². The SMILES string of the molecule is [2H]C([2H])([2H])[Si]1(C([2H])([2H])[2H])CCc2cc(-c3nc4ccccc4n3-c3ccccc3)[c-]c(Oc3[c-]c4c(cc3)c3ccccc3n4-c3cc(C(C)(C)C)ccn3)c21.[Pt+2]. The number of aryl methyl sites for hydroxylation is 1. The Hall–Kier alpha value is -4.77. The van der Waals surface area contributed by atoms with Crippen LogP contribution < -0.4 is 9.92 Å². The van der Waals surface area contributed by atoms with Crippen molar-refractivity contribution in [3.63, 3.8) is 0 Å². The van der Waals surface area contributed by atoms with Gasteiger partial charge >= 0.3 is 21.1 Å². The molecule has 1 aliphatic rings. The van der Waals surface area contributed by atoms with Gasteiger partial charge < -0.3 is 13.9 Å². The van der Waals surface area contributed by atoms with Crippen LogP contribution in [0.5, 0.6) is 11.5 Å². The number of hydrogen-bond donors (Lipinski definition) is 0. The molecule has 0 atom stereocenters. The molecule has 51 heavy (non-hydrogen) atoms. The van der Waals surface area contributed by atoms with Crippen LogP contribution in [-0.4, -0.2) is 27.2 Å². The van der Waals surface area contributed by atoms with Crippen LogP contribution in [0, 0.1) is 12.1 Å². The molecule has 1 aliphatic heterocycles. The molecule has 0 N–H and O–H groups in total. The number of rotatable bonds is 5. The fourth-order valence-corrected chi connectivity index (χ4v) is 9.40. The summed E-state index contributed by atoms with van der Waals surface area (Å²) in [6, 6.07) is 42.5. The summed E-state index contributed by atoms with van der Waals surface area (Å²) >= 11 is 0. The summed E-state index contributed by atoms with van der Waals surface area (Å²) in [5, 5.41) is 2.21. The third kappa shape index (κ3) is 5.66. The maximum absolute atomic E-state index is 8.76. The third-order valence-corrected chi connectivity index (χ3v) is 12.1. The summed E-state index contributed by atoms with van der Waals surface area (Å²) in [7, 11) is -4.27. The zero-order chi connectivity index (χ0) is 39.2. The number of hydrogen-bond acceptors (Lipinski definition) is 3. The number of ether oxygens (including phenoxy) is 1. The van der Waals surface area contributed by atoms with Crippen molar-refractivity contribution in [3.8, 4) is 34.4 Å². The first-order valence-corrected chi connectivity index (χ1v) is 19.1. The molecule has 0 saturated heterocycles. The molecule has 0 spiro atoms. The first kappa shape index (κ1) is 27.0. The van der Waals surface area contributed by atoms with Crippen LogP contribution in [0.1, 0.15) is 40.1 Å². The van der Waals surface area contributed by atoms with Gasteiger partial charge in [0.15, 0.2) is 0 Å². The molecule has 0 aliphatic carbocycles. The predicted octanol–water partition coefficient (Wildman–Crippen LogP) is 10.3. The Morgan fingerprint density at radius 2 is 1.57 bits per heavy atom. The Labute approximate surface area is 322 Å². The van der Waals surface area contributed by atoms with E-state index in [1.165, 1.54) is 0 Å². The van der Waals surface area contributed by atoms with Gasteiger partial charge in [-0.3, -0.25) is 4.98 Å². The summed E-state index contributed by atoms with van der Waals surface area (Å²) in [6.45, 7) is 1.01. The first-order valence-electron chi connectivity index (χ1n) is 19.9. The van der Waals surface area contributed by atoms with Crippen molar-refractivity contribution in [2.24, 2.45) is 0 Å². The second kappa shape index (κ2) is 12.5. The van der Waals surface area contributed by atoms with Crippen molar-refractivity contribution in [2.75, 3.05) is 0 Å². The van der Waals surface area contributed by atoms with Gasteiger partial charge in [-0.05, 0) is 65.3 Å². The van der Waals surface area contributed by atoms with Crippen molar-refractivity contribution >= 4 is 46.1 Å². The van der Waals surface area contributed by atoms with E-state index in [9.17, 15) is 0 Å². The van der Waals surface area contributed by atoms with Crippen LogP contribution in [-0.2, 0) is 32.9 Å². The van der Waals surface area contributed by atoms with E-state index in [4.69, 9.17) is 22.9 Å². The van der Waals surface area contributed by atoms with E-state index in [1.807, 2.05) is 102 Å². The molecule has 0 fully saturated rings. The molecule has 4 heterocycles. The summed E-state index contributed by atoms with van der Waals surface area (Å²) < 4.78 is 63.4. The van der Waals surface area contributed by atoms with Crippen molar-refractivity contribution in [2.45, 2.75) is 51.6 Å². The molecular weight excluding hydrogens is 824 g/mol. The molecule has 0 radical (unpaired) electrons. The van der Waals surface area contributed by atoms with Crippen LogP contribution in [0.4, 0.5) is 0 Å². The van der Waals surface area contributed by atoms with Crippen molar-refractivity contribution in [3.05, 3.63) is 139 Å². The smallest absolute Gasteiger partial charge is 0.503 e. The Morgan fingerprint density at radius 1 is 0.804 bits per heavy atom. The zero-order valence-electron chi connectivity index (χ0n) is 34.4. The third-order valence-electron chi connectivity index (χ3n) is 9.74. The normalized spacial score (nSPS) is 16.1. The van der Waals surface area contributed by atoms with Crippen LogP contribution >= 0.6 is 0 Å². The summed E-state index contributed by atoms with van der Waals surface area (Å²) in [6.07, 6.45) is 2.10. The molecular formula is C44H38N4OPtSi. The minimum absolute atomic E-state index is 0. The molecule has 0 amide bonds. The summed E-state index contributed by atoms with van der Waals surface area (Å²) in [5.74, 6) is 1.69. The average molecular weight is 868 g/mol. The molecule has 254 valence electrons. The van der Waals surface area contributed by atoms with Gasteiger partial charge in [-0.2, -0.15) is 6.07 Å². The zero-order valence-corrected chi connectivity index (χ0v) is 31.7. The van der Waals surface area contributed by atoms with Gasteiger partial charge in [0.2, 0.25) is 0 Å². The van der Waals surface area contributed by atoms with E-state index in [-0.39, 0.29) is 49.9 Å². The molecule has 8 aromatic rings. The molecule has 0 saturated carbocycles. The number of aromatic nitrogens is 4. The van der Waals surface area contributed by atoms with Crippen LogP contribution in [0.3, 0.4) is 0 Å². The predicted molar refractivity (Wildman–Crippen MR) is 207 cm³/mol. The Balaban J connectivity index is 0.00000455. The van der Waals surface area contributed by atoms with E-state index in [0.717, 1.165) is 49.9 Å². The Morgan fingerprint density at radius 3 is 2.37 bits per heavy atom. The summed E-state index contributed by atoms with van der Waals surface area (Å²) in [4.78, 5) is 9.84. The minimum Gasteiger partial charge on any atom is -0.503 e. The fourth-order valence-electron chi connectivity index (χ4n) is 7.26. The number of fused-ring (bicyclic) bond motifs is 5. The van der Waals surface area contributed by atoms with Crippen molar-refractivity contribution < 1.29 is 34.0 Å². The van der Waals surface area contributed by atoms with Gasteiger partial charge in [-0.1, -0.05) is 105 Å². The molecule has 7 heteroatoms. The van der Waals surface area contributed by atoms with Crippen LogP contribution in [0.2, 0.25) is 19.0 Å². The maximum Gasteiger partial charge on any atom is 2.00 e.